The molecular weight excluding hydrogens is 748 g/mol. The van der Waals surface area contributed by atoms with Crippen molar-refractivity contribution in [1.82, 2.24) is 5.32 Å². The van der Waals surface area contributed by atoms with Crippen LogP contribution in [0.15, 0.2) is 71.8 Å². The molecule has 2 aromatic rings. The van der Waals surface area contributed by atoms with Gasteiger partial charge in [0.05, 0.1) is 36.3 Å². The second kappa shape index (κ2) is 16.5. The fraction of sp³-hybridized carbons (Fsp3) is 0.591. The SMILES string of the molecule is CCCCCC(=O)N[C@@H](c1ccccc1)[C@@H](N)C(=O)O[C@H]1C[C@@]2(O)[C@@H](OC(=O)c3ccccc3)[C@@H]3[C@]4(OC(C)=O)CO[C@@H]4C[C@H](O)[C@@]3(C)[C@@H](O)[C@H](O)C(=C1C)C2(C)C. The fourth-order valence-electron chi connectivity index (χ4n) is 10.2. The molecule has 3 fully saturated rings. The third-order valence-corrected chi connectivity index (χ3v) is 13.5. The molecule has 14 nitrogen and oxygen atoms in total. The molecule has 0 spiro atoms. The summed E-state index contributed by atoms with van der Waals surface area (Å²) in [7, 11) is 0. The van der Waals surface area contributed by atoms with E-state index >= 15 is 0 Å². The number of esters is 3. The predicted molar refractivity (Wildman–Crippen MR) is 209 cm³/mol. The van der Waals surface area contributed by atoms with Crippen molar-refractivity contribution in [3.63, 3.8) is 0 Å². The van der Waals surface area contributed by atoms with Crippen LogP contribution in [-0.4, -0.2) is 105 Å². The van der Waals surface area contributed by atoms with Gasteiger partial charge in [0.15, 0.2) is 5.60 Å². The van der Waals surface area contributed by atoms with Gasteiger partial charge in [0, 0.05) is 37.0 Å². The highest BCUT2D eigenvalue weighted by molar-refractivity contribution is 5.89. The molecule has 0 radical (unpaired) electrons. The molecule has 316 valence electrons. The Balaban J connectivity index is 1.47. The zero-order valence-electron chi connectivity index (χ0n) is 34.1. The van der Waals surface area contributed by atoms with Crippen LogP contribution in [-0.2, 0) is 33.3 Å². The van der Waals surface area contributed by atoms with Gasteiger partial charge in [0.1, 0.15) is 36.1 Å². The lowest BCUT2D eigenvalue weighted by Gasteiger charge is -2.69. The van der Waals surface area contributed by atoms with Crippen LogP contribution in [0, 0.1) is 16.7 Å². The Kier molecular flexibility index (Phi) is 12.3. The highest BCUT2D eigenvalue weighted by Crippen LogP contribution is 2.65. The second-order valence-corrected chi connectivity index (χ2v) is 17.2. The molecule has 3 aliphatic carbocycles. The van der Waals surface area contributed by atoms with Crippen molar-refractivity contribution in [2.45, 2.75) is 140 Å². The van der Waals surface area contributed by atoms with E-state index in [9.17, 15) is 39.6 Å². The van der Waals surface area contributed by atoms with Gasteiger partial charge in [0.2, 0.25) is 5.91 Å². The number of benzene rings is 2. The molecule has 2 saturated carbocycles. The first kappa shape index (κ1) is 43.4. The summed E-state index contributed by atoms with van der Waals surface area (Å²) in [6.07, 6.45) is -6.73. The minimum atomic E-state index is -2.24. The van der Waals surface area contributed by atoms with Gasteiger partial charge < -0.3 is 50.4 Å². The van der Waals surface area contributed by atoms with Crippen molar-refractivity contribution in [3.05, 3.63) is 82.9 Å². The molecule has 1 aliphatic heterocycles. The van der Waals surface area contributed by atoms with Crippen LogP contribution in [0.1, 0.15) is 102 Å². The van der Waals surface area contributed by atoms with Crippen molar-refractivity contribution < 1.29 is 58.6 Å². The summed E-state index contributed by atoms with van der Waals surface area (Å²) in [6, 6.07) is 14.4. The number of hydrogen-bond donors (Lipinski definition) is 6. The Bertz CT molecular complexity index is 1890. The Morgan fingerprint density at radius 1 is 0.966 bits per heavy atom. The van der Waals surface area contributed by atoms with Gasteiger partial charge in [-0.15, -0.1) is 0 Å². The number of ether oxygens (including phenoxy) is 4. The van der Waals surface area contributed by atoms with Crippen LogP contribution in [0.4, 0.5) is 0 Å². The molecule has 1 amide bonds. The van der Waals surface area contributed by atoms with Crippen LogP contribution < -0.4 is 11.1 Å². The standard InChI is InChI=1S/C44H58N2O12/c1-7-8-11-20-31(49)46-34(26-16-12-9-13-17-26)33(45)40(53)56-28-22-44(54)38(57-39(52)27-18-14-10-15-19-27)36-42(6,37(51)35(50)32(24(28)2)41(44,4)5)29(48)21-30-43(36,23-55-30)58-25(3)47/h9-10,12-19,28-30,33-38,48,50-51,54H,7-8,11,20-23,45H2,1-6H3,(H,46,49)/t28-,29-,30+,33+,34-,35+,36-,37-,38-,42+,43-,44+/m0/s1. The minimum absolute atomic E-state index is 0.0981. The normalized spacial score (nSPS) is 34.7. The maximum absolute atomic E-state index is 14.2. The molecule has 0 aromatic heterocycles. The number of nitrogens with two attached hydrogens (primary N) is 1. The van der Waals surface area contributed by atoms with Crippen LogP contribution >= 0.6 is 0 Å². The molecule has 14 heteroatoms. The molecule has 58 heavy (non-hydrogen) atoms. The Morgan fingerprint density at radius 2 is 1.60 bits per heavy atom. The number of fused-ring (bicyclic) bond motifs is 5. The van der Waals surface area contributed by atoms with E-state index in [2.05, 4.69) is 5.32 Å². The molecular formula is C44H58N2O12. The highest BCUT2D eigenvalue weighted by Gasteiger charge is 2.77. The molecule has 1 heterocycles. The Hall–Kier alpha value is -4.18. The lowest BCUT2D eigenvalue weighted by Crippen LogP contribution is -2.82. The van der Waals surface area contributed by atoms with Crippen molar-refractivity contribution in [2.75, 3.05) is 6.61 Å². The van der Waals surface area contributed by atoms with Crippen molar-refractivity contribution >= 4 is 23.8 Å². The van der Waals surface area contributed by atoms with Gasteiger partial charge in [-0.05, 0) is 42.2 Å². The van der Waals surface area contributed by atoms with Crippen LogP contribution in [0.2, 0.25) is 0 Å². The van der Waals surface area contributed by atoms with E-state index in [1.165, 1.54) is 26.0 Å². The van der Waals surface area contributed by atoms with Gasteiger partial charge >= 0.3 is 17.9 Å². The fourth-order valence-corrected chi connectivity index (χ4v) is 10.2. The third kappa shape index (κ3) is 7.26. The summed E-state index contributed by atoms with van der Waals surface area (Å²) in [6.45, 7) is 9.39. The smallest absolute Gasteiger partial charge is 0.338 e. The van der Waals surface area contributed by atoms with Crippen molar-refractivity contribution in [2.24, 2.45) is 22.5 Å². The number of amides is 1. The van der Waals surface area contributed by atoms with Crippen LogP contribution in [0.5, 0.6) is 0 Å². The van der Waals surface area contributed by atoms with E-state index in [1.54, 1.807) is 69.3 Å². The van der Waals surface area contributed by atoms with E-state index < -0.39 is 101 Å². The van der Waals surface area contributed by atoms with Crippen LogP contribution in [0.25, 0.3) is 0 Å². The molecule has 1 saturated heterocycles. The molecule has 12 atom stereocenters. The van der Waals surface area contributed by atoms with Crippen molar-refractivity contribution in [3.8, 4) is 0 Å². The van der Waals surface area contributed by atoms with Crippen molar-refractivity contribution in [1.29, 1.82) is 0 Å². The highest BCUT2D eigenvalue weighted by atomic mass is 16.6. The Morgan fingerprint density at radius 3 is 2.19 bits per heavy atom. The summed E-state index contributed by atoms with van der Waals surface area (Å²) >= 11 is 0. The topological polar surface area (TPSA) is 224 Å². The van der Waals surface area contributed by atoms with E-state index in [4.69, 9.17) is 24.7 Å². The average Bonchev–Trinajstić information content (AvgIpc) is 3.18. The zero-order chi connectivity index (χ0) is 42.4. The number of aliphatic hydroxyl groups excluding tert-OH is 3. The van der Waals surface area contributed by atoms with Gasteiger partial charge in [-0.3, -0.25) is 14.4 Å². The van der Waals surface area contributed by atoms with Gasteiger partial charge in [0.25, 0.3) is 0 Å². The monoisotopic (exact) mass is 806 g/mol. The summed E-state index contributed by atoms with van der Waals surface area (Å²) in [4.78, 5) is 54.4. The first-order valence-corrected chi connectivity index (χ1v) is 20.2. The molecule has 2 aromatic carbocycles. The summed E-state index contributed by atoms with van der Waals surface area (Å²) in [5.41, 5.74) is 0.558. The quantitative estimate of drug-likeness (QED) is 0.0786. The largest absolute Gasteiger partial charge is 0.456 e. The molecule has 0 unspecified atom stereocenters. The molecule has 6 rings (SSSR count). The predicted octanol–water partition coefficient (Wildman–Crippen LogP) is 3.19. The van der Waals surface area contributed by atoms with Gasteiger partial charge in [-0.1, -0.05) is 89.1 Å². The number of aliphatic hydroxyl groups is 4. The first-order valence-electron chi connectivity index (χ1n) is 20.2. The summed E-state index contributed by atoms with van der Waals surface area (Å²) < 4.78 is 24.5. The number of nitrogens with one attached hydrogen (secondary N) is 1. The number of carbonyl (C=O) groups excluding carboxylic acids is 4. The van der Waals surface area contributed by atoms with E-state index in [-0.39, 0.29) is 36.5 Å². The lowest BCUT2D eigenvalue weighted by molar-refractivity contribution is -0.365. The molecule has 7 N–H and O–H groups in total. The number of rotatable bonds is 12. The maximum atomic E-state index is 14.2. The molecule has 4 aliphatic rings. The van der Waals surface area contributed by atoms with E-state index in [0.717, 1.165) is 12.8 Å². The minimum Gasteiger partial charge on any atom is -0.456 e. The summed E-state index contributed by atoms with van der Waals surface area (Å²) in [5, 5.41) is 53.0. The molecule has 2 bridgehead atoms. The number of hydrogen-bond acceptors (Lipinski definition) is 13. The summed E-state index contributed by atoms with van der Waals surface area (Å²) in [5.74, 6) is -4.17. The number of unbranched alkanes of at least 4 members (excludes halogenated alkanes) is 2. The zero-order valence-corrected chi connectivity index (χ0v) is 34.1. The average molecular weight is 807 g/mol. The lowest BCUT2D eigenvalue weighted by atomic mass is 9.44. The van der Waals surface area contributed by atoms with Crippen LogP contribution in [0.3, 0.4) is 0 Å². The van der Waals surface area contributed by atoms with Gasteiger partial charge in [-0.2, -0.15) is 0 Å². The second-order valence-electron chi connectivity index (χ2n) is 17.2. The Labute approximate surface area is 339 Å². The maximum Gasteiger partial charge on any atom is 0.338 e. The van der Waals surface area contributed by atoms with Gasteiger partial charge in [-0.25, -0.2) is 4.79 Å². The number of carbonyl (C=O) groups is 4. The first-order chi connectivity index (χ1) is 27.3. The third-order valence-electron chi connectivity index (χ3n) is 13.5. The van der Waals surface area contributed by atoms with E-state index in [0.29, 0.717) is 17.6 Å². The van der Waals surface area contributed by atoms with E-state index in [1.807, 2.05) is 6.92 Å².